The molecule has 1 unspecified atom stereocenters. The molecule has 2 aromatic rings. The third-order valence-electron chi connectivity index (χ3n) is 3.15. The minimum Gasteiger partial charge on any atom is -0.508 e. The second-order valence-corrected chi connectivity index (χ2v) is 6.35. The second kappa shape index (κ2) is 6.29. The molecule has 0 aliphatic heterocycles. The summed E-state index contributed by atoms with van der Waals surface area (Å²) in [4.78, 5) is 26.6. The zero-order valence-electron chi connectivity index (χ0n) is 13.3. The van der Waals surface area contributed by atoms with Crippen LogP contribution in [-0.4, -0.2) is 33.7 Å². The lowest BCUT2D eigenvalue weighted by atomic mass is 10.0. The van der Waals surface area contributed by atoms with E-state index in [2.05, 4.69) is 10.3 Å². The second-order valence-electron chi connectivity index (χ2n) is 6.35. The molecule has 1 atom stereocenters. The van der Waals surface area contributed by atoms with E-state index in [0.717, 1.165) is 16.5 Å². The first kappa shape index (κ1) is 16.8. The van der Waals surface area contributed by atoms with Crippen molar-refractivity contribution in [2.75, 3.05) is 0 Å². The number of hydrogen-bond donors (Lipinski definition) is 4. The summed E-state index contributed by atoms with van der Waals surface area (Å²) in [6.45, 7) is 5.11. The maximum atomic E-state index is 12.0. The van der Waals surface area contributed by atoms with Crippen LogP contribution in [0.25, 0.3) is 10.9 Å². The number of fused-ring (bicyclic) bond motifs is 1. The van der Waals surface area contributed by atoms with E-state index in [4.69, 9.17) is 10.5 Å². The highest BCUT2D eigenvalue weighted by atomic mass is 16.6. The largest absolute Gasteiger partial charge is 0.508 e. The number of phenols is 1. The molecule has 23 heavy (non-hydrogen) atoms. The fraction of sp³-hybridized carbons (Fsp3) is 0.375. The van der Waals surface area contributed by atoms with Gasteiger partial charge in [0.15, 0.2) is 0 Å². The van der Waals surface area contributed by atoms with Gasteiger partial charge in [0, 0.05) is 17.1 Å². The lowest BCUT2D eigenvalue weighted by molar-refractivity contribution is -0.121. The molecule has 1 aromatic carbocycles. The number of alkyl carbamates (subject to hydrolysis) is 1. The van der Waals surface area contributed by atoms with Crippen LogP contribution in [0.1, 0.15) is 26.3 Å². The van der Waals surface area contributed by atoms with Gasteiger partial charge >= 0.3 is 6.09 Å². The van der Waals surface area contributed by atoms with E-state index in [1.54, 1.807) is 45.2 Å². The fourth-order valence-corrected chi connectivity index (χ4v) is 2.16. The minimum absolute atomic E-state index is 0.130. The summed E-state index contributed by atoms with van der Waals surface area (Å²) in [6, 6.07) is 3.99. The summed E-state index contributed by atoms with van der Waals surface area (Å²) in [5.41, 5.74) is 6.77. The molecule has 2 amide bonds. The number of nitrogens with two attached hydrogens (primary N) is 1. The van der Waals surface area contributed by atoms with Crippen molar-refractivity contribution in [1.82, 2.24) is 10.3 Å². The average Bonchev–Trinajstić information content (AvgIpc) is 2.78. The Bertz CT molecular complexity index is 730. The van der Waals surface area contributed by atoms with Gasteiger partial charge in [0.25, 0.3) is 0 Å². The lowest BCUT2D eigenvalue weighted by Crippen LogP contribution is -2.46. The molecular weight excluding hydrogens is 298 g/mol. The first-order chi connectivity index (χ1) is 10.7. The molecule has 0 radical (unpaired) electrons. The third kappa shape index (κ3) is 4.46. The van der Waals surface area contributed by atoms with Crippen molar-refractivity contribution in [2.24, 2.45) is 5.73 Å². The van der Waals surface area contributed by atoms with E-state index < -0.39 is 23.6 Å². The smallest absolute Gasteiger partial charge is 0.414 e. The number of aromatic nitrogens is 1. The molecule has 7 heteroatoms. The van der Waals surface area contributed by atoms with E-state index >= 15 is 0 Å². The molecule has 0 saturated carbocycles. The van der Waals surface area contributed by atoms with Crippen LogP contribution in [0, 0.1) is 0 Å². The van der Waals surface area contributed by atoms with E-state index in [0.29, 0.717) is 0 Å². The van der Waals surface area contributed by atoms with E-state index in [1.165, 1.54) is 0 Å². The quantitative estimate of drug-likeness (QED) is 0.688. The van der Waals surface area contributed by atoms with Crippen LogP contribution in [0.4, 0.5) is 4.79 Å². The van der Waals surface area contributed by atoms with Crippen molar-refractivity contribution < 1.29 is 19.4 Å². The number of rotatable bonds is 3. The molecule has 1 heterocycles. The zero-order valence-corrected chi connectivity index (χ0v) is 13.3. The van der Waals surface area contributed by atoms with Crippen LogP contribution in [-0.2, 0) is 16.0 Å². The predicted molar refractivity (Wildman–Crippen MR) is 86.0 cm³/mol. The molecular formula is C16H21N3O4. The number of nitrogens with one attached hydrogen (secondary N) is 2. The van der Waals surface area contributed by atoms with Crippen LogP contribution in [0.2, 0.25) is 0 Å². The molecule has 1 aromatic heterocycles. The summed E-state index contributed by atoms with van der Waals surface area (Å²) in [5.74, 6) is -0.487. The topological polar surface area (TPSA) is 117 Å². The third-order valence-corrected chi connectivity index (χ3v) is 3.15. The van der Waals surface area contributed by atoms with Crippen LogP contribution in [0.5, 0.6) is 5.75 Å². The van der Waals surface area contributed by atoms with Gasteiger partial charge in [-0.25, -0.2) is 4.79 Å². The van der Waals surface area contributed by atoms with E-state index in [-0.39, 0.29) is 12.2 Å². The Morgan fingerprint density at radius 2 is 2.09 bits per heavy atom. The summed E-state index contributed by atoms with van der Waals surface area (Å²) < 4.78 is 5.01. The molecule has 0 bridgehead atoms. The first-order valence-electron chi connectivity index (χ1n) is 7.24. The maximum absolute atomic E-state index is 12.0. The monoisotopic (exact) mass is 319 g/mol. The highest BCUT2D eigenvalue weighted by molar-refractivity contribution is 5.95. The molecule has 7 nitrogen and oxygen atoms in total. The molecule has 124 valence electrons. The minimum atomic E-state index is -0.913. The Hall–Kier alpha value is -2.54. The maximum Gasteiger partial charge on any atom is 0.414 e. The van der Waals surface area contributed by atoms with Gasteiger partial charge in [0.05, 0.1) is 6.04 Å². The molecule has 0 spiro atoms. The van der Waals surface area contributed by atoms with Crippen molar-refractivity contribution in [1.29, 1.82) is 0 Å². The van der Waals surface area contributed by atoms with Crippen LogP contribution >= 0.6 is 0 Å². The van der Waals surface area contributed by atoms with Gasteiger partial charge < -0.3 is 20.6 Å². The number of aromatic hydroxyl groups is 1. The summed E-state index contributed by atoms with van der Waals surface area (Å²) in [7, 11) is 0. The highest BCUT2D eigenvalue weighted by Gasteiger charge is 2.22. The first-order valence-corrected chi connectivity index (χ1v) is 7.24. The molecule has 0 saturated heterocycles. The summed E-state index contributed by atoms with van der Waals surface area (Å²) >= 11 is 0. The van der Waals surface area contributed by atoms with E-state index in [9.17, 15) is 14.7 Å². The number of benzene rings is 1. The standard InChI is InChI=1S/C16H21N3O4/c1-16(2,3)23-15(22)19-14(21)12(17)6-9-8-18-13-5-4-10(20)7-11(9)13/h4-5,7-8,12,18,20H,6,17H2,1-3H3,(H,19,21,22). The molecule has 0 aliphatic carbocycles. The highest BCUT2D eigenvalue weighted by Crippen LogP contribution is 2.23. The normalized spacial score (nSPS) is 12.9. The number of imide groups is 1. The lowest BCUT2D eigenvalue weighted by Gasteiger charge is -2.20. The number of carbonyl (C=O) groups is 2. The Balaban J connectivity index is 2.03. The number of ether oxygens (including phenoxy) is 1. The molecule has 0 fully saturated rings. The Morgan fingerprint density at radius 3 is 2.74 bits per heavy atom. The number of hydrogen-bond acceptors (Lipinski definition) is 5. The van der Waals surface area contributed by atoms with Gasteiger partial charge in [0.2, 0.25) is 5.91 Å². The number of aromatic amines is 1. The van der Waals surface area contributed by atoms with Gasteiger partial charge in [-0.2, -0.15) is 0 Å². The predicted octanol–water partition coefficient (Wildman–Crippen LogP) is 1.79. The van der Waals surface area contributed by atoms with Gasteiger partial charge in [-0.3, -0.25) is 10.1 Å². The number of H-pyrrole nitrogens is 1. The molecule has 2 rings (SSSR count). The Labute approximate surface area is 133 Å². The van der Waals surface area contributed by atoms with Crippen molar-refractivity contribution in [3.05, 3.63) is 30.0 Å². The summed E-state index contributed by atoms with van der Waals surface area (Å²) in [6.07, 6.45) is 1.12. The van der Waals surface area contributed by atoms with Crippen LogP contribution in [0.3, 0.4) is 0 Å². The number of carbonyl (C=O) groups excluding carboxylic acids is 2. The number of amides is 2. The fourth-order valence-electron chi connectivity index (χ4n) is 2.16. The zero-order chi connectivity index (χ0) is 17.2. The van der Waals surface area contributed by atoms with Crippen molar-refractivity contribution in [3.63, 3.8) is 0 Å². The van der Waals surface area contributed by atoms with E-state index in [1.807, 2.05) is 0 Å². The Kier molecular flexibility index (Phi) is 4.60. The van der Waals surface area contributed by atoms with Crippen molar-refractivity contribution >= 4 is 22.9 Å². The number of phenolic OH excluding ortho intramolecular Hbond substituents is 1. The van der Waals surface area contributed by atoms with Crippen LogP contribution in [0.15, 0.2) is 24.4 Å². The van der Waals surface area contributed by atoms with Crippen molar-refractivity contribution in [3.8, 4) is 5.75 Å². The average molecular weight is 319 g/mol. The van der Waals surface area contributed by atoms with Gasteiger partial charge in [-0.1, -0.05) is 0 Å². The van der Waals surface area contributed by atoms with Crippen molar-refractivity contribution in [2.45, 2.75) is 38.8 Å². The van der Waals surface area contributed by atoms with Gasteiger partial charge in [-0.15, -0.1) is 0 Å². The van der Waals surface area contributed by atoms with Gasteiger partial charge in [-0.05, 0) is 51.0 Å². The Morgan fingerprint density at radius 1 is 1.39 bits per heavy atom. The van der Waals surface area contributed by atoms with Crippen LogP contribution < -0.4 is 11.1 Å². The molecule has 0 aliphatic rings. The van der Waals surface area contributed by atoms with Gasteiger partial charge in [0.1, 0.15) is 11.4 Å². The summed E-state index contributed by atoms with van der Waals surface area (Å²) in [5, 5.41) is 12.5. The molecule has 5 N–H and O–H groups in total. The SMILES string of the molecule is CC(C)(C)OC(=O)NC(=O)C(N)Cc1c[nH]c2ccc(O)cc12.